The molecule has 9 heavy (non-hydrogen) atoms. The second-order valence-corrected chi connectivity index (χ2v) is 2.21. The average molecular weight is 130 g/mol. The molecule has 3 N–H and O–H groups in total. The third-order valence-electron chi connectivity index (χ3n) is 1.46. The van der Waals surface area contributed by atoms with Gasteiger partial charge in [0.05, 0.1) is 6.04 Å². The van der Waals surface area contributed by atoms with Gasteiger partial charge in [0.1, 0.15) is 0 Å². The maximum atomic E-state index is 10.7. The zero-order valence-corrected chi connectivity index (χ0v) is 5.08. The highest BCUT2D eigenvalue weighted by molar-refractivity contribution is 5.81. The van der Waals surface area contributed by atoms with Crippen molar-refractivity contribution in [2.45, 2.75) is 18.9 Å². The van der Waals surface area contributed by atoms with Crippen molar-refractivity contribution in [3.63, 3.8) is 0 Å². The summed E-state index contributed by atoms with van der Waals surface area (Å²) >= 11 is 0. The van der Waals surface area contributed by atoms with Crippen molar-refractivity contribution in [3.8, 4) is 0 Å². The Bertz CT molecular complexity index is 114. The number of hydrogen-bond acceptors (Lipinski definition) is 3. The molecule has 4 heteroatoms. The first kappa shape index (κ1) is 6.51. The molecule has 52 valence electrons. The van der Waals surface area contributed by atoms with Crippen LogP contribution in [0.1, 0.15) is 12.8 Å². The molecule has 1 rings (SSSR count). The van der Waals surface area contributed by atoms with Crippen molar-refractivity contribution in [2.75, 3.05) is 6.54 Å². The van der Waals surface area contributed by atoms with Crippen LogP contribution >= 0.6 is 0 Å². The van der Waals surface area contributed by atoms with Crippen LogP contribution < -0.4 is 5.73 Å². The Hall–Kier alpha value is -0.610. The number of hydrogen-bond donors (Lipinski definition) is 2. The lowest BCUT2D eigenvalue weighted by Crippen LogP contribution is -2.46. The molecule has 1 amide bonds. The molecule has 1 unspecified atom stereocenters. The Morgan fingerprint density at radius 1 is 1.78 bits per heavy atom. The molecule has 0 saturated carbocycles. The lowest BCUT2D eigenvalue weighted by molar-refractivity contribution is -0.171. The van der Waals surface area contributed by atoms with Crippen LogP contribution in [0.25, 0.3) is 0 Å². The highest BCUT2D eigenvalue weighted by atomic mass is 16.5. The molecule has 0 aromatic rings. The van der Waals surface area contributed by atoms with Crippen LogP contribution in [-0.4, -0.2) is 28.8 Å². The molecule has 0 aromatic heterocycles. The van der Waals surface area contributed by atoms with Gasteiger partial charge < -0.3 is 5.73 Å². The lowest BCUT2D eigenvalue weighted by Gasteiger charge is -2.24. The third-order valence-corrected chi connectivity index (χ3v) is 1.46. The maximum absolute atomic E-state index is 10.7. The minimum atomic E-state index is -0.483. The molecule has 1 atom stereocenters. The van der Waals surface area contributed by atoms with Gasteiger partial charge in [0.2, 0.25) is 0 Å². The monoisotopic (exact) mass is 130 g/mol. The van der Waals surface area contributed by atoms with Crippen molar-refractivity contribution >= 4 is 5.91 Å². The smallest absolute Gasteiger partial charge is 0.262 e. The predicted molar refractivity (Wildman–Crippen MR) is 30.7 cm³/mol. The van der Waals surface area contributed by atoms with Crippen LogP contribution in [0.3, 0.4) is 0 Å². The molecule has 1 saturated heterocycles. The van der Waals surface area contributed by atoms with E-state index in [2.05, 4.69) is 0 Å². The molecule has 0 spiro atoms. The largest absolute Gasteiger partial charge is 0.320 e. The Balaban J connectivity index is 2.52. The second kappa shape index (κ2) is 2.33. The molecular formula is C5H10N2O2. The number of rotatable bonds is 0. The van der Waals surface area contributed by atoms with Crippen LogP contribution in [0.2, 0.25) is 0 Å². The summed E-state index contributed by atoms with van der Waals surface area (Å²) < 4.78 is 0. The lowest BCUT2D eigenvalue weighted by atomic mass is 10.1. The van der Waals surface area contributed by atoms with Crippen molar-refractivity contribution < 1.29 is 10.0 Å². The van der Waals surface area contributed by atoms with Gasteiger partial charge in [-0.15, -0.1) is 0 Å². The van der Waals surface area contributed by atoms with E-state index in [9.17, 15) is 4.79 Å². The van der Waals surface area contributed by atoms with Crippen LogP contribution in [-0.2, 0) is 4.79 Å². The highest BCUT2D eigenvalue weighted by Crippen LogP contribution is 2.06. The molecule has 0 bridgehead atoms. The topological polar surface area (TPSA) is 66.6 Å². The summed E-state index contributed by atoms with van der Waals surface area (Å²) in [4.78, 5) is 10.7. The fourth-order valence-electron chi connectivity index (χ4n) is 0.886. The van der Waals surface area contributed by atoms with Crippen molar-refractivity contribution in [1.29, 1.82) is 0 Å². The Labute approximate surface area is 53.2 Å². The van der Waals surface area contributed by atoms with Gasteiger partial charge in [-0.3, -0.25) is 10.0 Å². The molecule has 0 radical (unpaired) electrons. The van der Waals surface area contributed by atoms with E-state index < -0.39 is 6.04 Å². The molecule has 0 aliphatic carbocycles. The Kier molecular flexibility index (Phi) is 1.68. The number of carbonyl (C=O) groups is 1. The van der Waals surface area contributed by atoms with Crippen molar-refractivity contribution in [1.82, 2.24) is 5.06 Å². The molecule has 1 aliphatic rings. The summed E-state index contributed by atoms with van der Waals surface area (Å²) in [5, 5.41) is 9.44. The minimum Gasteiger partial charge on any atom is -0.320 e. The number of piperidine rings is 1. The van der Waals surface area contributed by atoms with Crippen LogP contribution in [0, 0.1) is 0 Å². The van der Waals surface area contributed by atoms with Gasteiger partial charge >= 0.3 is 0 Å². The van der Waals surface area contributed by atoms with E-state index in [4.69, 9.17) is 10.9 Å². The molecular weight excluding hydrogens is 120 g/mol. The summed E-state index contributed by atoms with van der Waals surface area (Å²) in [5.74, 6) is -0.360. The highest BCUT2D eigenvalue weighted by Gasteiger charge is 2.23. The van der Waals surface area contributed by atoms with Gasteiger partial charge in [-0.2, -0.15) is 0 Å². The molecule has 4 nitrogen and oxygen atoms in total. The van der Waals surface area contributed by atoms with E-state index in [-0.39, 0.29) is 5.91 Å². The van der Waals surface area contributed by atoms with Crippen molar-refractivity contribution in [3.05, 3.63) is 0 Å². The SMILES string of the molecule is NC1CCCN(O)C1=O. The van der Waals surface area contributed by atoms with Crippen LogP contribution in [0.15, 0.2) is 0 Å². The van der Waals surface area contributed by atoms with E-state index >= 15 is 0 Å². The van der Waals surface area contributed by atoms with Gasteiger partial charge in [0.15, 0.2) is 0 Å². The van der Waals surface area contributed by atoms with E-state index in [0.717, 1.165) is 6.42 Å². The predicted octanol–water partition coefficient (Wildman–Crippen LogP) is -0.675. The first-order valence-corrected chi connectivity index (χ1v) is 2.97. The summed E-state index contributed by atoms with van der Waals surface area (Å²) in [6.07, 6.45) is 1.49. The first-order valence-electron chi connectivity index (χ1n) is 2.97. The quantitative estimate of drug-likeness (QED) is 0.427. The molecule has 1 heterocycles. The van der Waals surface area contributed by atoms with E-state index in [1.807, 2.05) is 0 Å². The van der Waals surface area contributed by atoms with E-state index in [1.165, 1.54) is 0 Å². The fourth-order valence-corrected chi connectivity index (χ4v) is 0.886. The zero-order valence-electron chi connectivity index (χ0n) is 5.08. The average Bonchev–Trinajstić information content (AvgIpc) is 1.83. The molecule has 0 aromatic carbocycles. The molecule has 1 fully saturated rings. The summed E-state index contributed by atoms with van der Waals surface area (Å²) in [6.45, 7) is 0.423. The fraction of sp³-hybridized carbons (Fsp3) is 0.800. The maximum Gasteiger partial charge on any atom is 0.262 e. The number of carbonyl (C=O) groups excluding carboxylic acids is 1. The number of nitrogens with two attached hydrogens (primary N) is 1. The normalized spacial score (nSPS) is 28.9. The standard InChI is InChI=1S/C5H10N2O2/c6-4-2-1-3-7(9)5(4)8/h4,9H,1-3,6H2. The Morgan fingerprint density at radius 3 is 2.89 bits per heavy atom. The molecule has 1 aliphatic heterocycles. The van der Waals surface area contributed by atoms with Crippen LogP contribution in [0.4, 0.5) is 0 Å². The summed E-state index contributed by atoms with van der Waals surface area (Å²) in [5.41, 5.74) is 5.32. The summed E-state index contributed by atoms with van der Waals surface area (Å²) in [6, 6.07) is -0.483. The van der Waals surface area contributed by atoms with Gasteiger partial charge in [0.25, 0.3) is 5.91 Å². The first-order chi connectivity index (χ1) is 4.22. The van der Waals surface area contributed by atoms with Gasteiger partial charge in [-0.05, 0) is 12.8 Å². The van der Waals surface area contributed by atoms with Gasteiger partial charge in [-0.1, -0.05) is 0 Å². The minimum absolute atomic E-state index is 0.360. The van der Waals surface area contributed by atoms with E-state index in [1.54, 1.807) is 0 Å². The van der Waals surface area contributed by atoms with E-state index in [0.29, 0.717) is 18.0 Å². The van der Waals surface area contributed by atoms with Crippen LogP contribution in [0.5, 0.6) is 0 Å². The third kappa shape index (κ3) is 1.20. The Morgan fingerprint density at radius 2 is 2.44 bits per heavy atom. The van der Waals surface area contributed by atoms with Gasteiger partial charge in [0, 0.05) is 6.54 Å². The number of nitrogens with zero attached hydrogens (tertiary/aromatic N) is 1. The summed E-state index contributed by atoms with van der Waals surface area (Å²) in [7, 11) is 0. The van der Waals surface area contributed by atoms with Gasteiger partial charge in [-0.25, -0.2) is 5.06 Å². The zero-order chi connectivity index (χ0) is 6.85. The second-order valence-electron chi connectivity index (χ2n) is 2.21. The van der Waals surface area contributed by atoms with Crippen molar-refractivity contribution in [2.24, 2.45) is 5.73 Å². The number of hydroxylamine groups is 2. The number of amides is 1.